The average Bonchev–Trinajstić information content (AvgIpc) is 2.58. The number of sulfone groups is 1. The lowest BCUT2D eigenvalue weighted by atomic mass is 10.1. The third-order valence-electron chi connectivity index (χ3n) is 2.76. The Bertz CT molecular complexity index is 562. The van der Waals surface area contributed by atoms with Gasteiger partial charge in [0.2, 0.25) is 9.84 Å². The largest absolute Gasteiger partial charge is 0.326 e. The Morgan fingerprint density at radius 2 is 2.12 bits per heavy atom. The summed E-state index contributed by atoms with van der Waals surface area (Å²) in [6.45, 7) is 2.38. The molecule has 0 radical (unpaired) electrons. The average molecular weight is 269 g/mol. The minimum Gasteiger partial charge on any atom is -0.326 e. The van der Waals surface area contributed by atoms with E-state index in [4.69, 9.17) is 5.73 Å². The standard InChI is InChI=1S/C12H15NO2S2/c1-2-16-8-10-6-11-9(7-13)4-3-5-12(11)17(10,14)15/h3-6H,2,7-8,13H2,1H3. The highest BCUT2D eigenvalue weighted by Crippen LogP contribution is 2.36. The minimum atomic E-state index is -3.27. The highest BCUT2D eigenvalue weighted by atomic mass is 32.2. The quantitative estimate of drug-likeness (QED) is 0.908. The number of thioether (sulfide) groups is 1. The molecule has 5 heteroatoms. The van der Waals surface area contributed by atoms with Gasteiger partial charge in [-0.3, -0.25) is 0 Å². The van der Waals surface area contributed by atoms with Crippen LogP contribution in [0.25, 0.3) is 6.08 Å². The number of rotatable bonds is 4. The molecule has 0 saturated heterocycles. The van der Waals surface area contributed by atoms with Crippen molar-refractivity contribution in [2.24, 2.45) is 5.73 Å². The molecule has 0 aliphatic carbocycles. The summed E-state index contributed by atoms with van der Waals surface area (Å²) in [5, 5.41) is 0. The van der Waals surface area contributed by atoms with Crippen LogP contribution < -0.4 is 5.73 Å². The van der Waals surface area contributed by atoms with E-state index in [1.54, 1.807) is 30.0 Å². The van der Waals surface area contributed by atoms with Crippen molar-refractivity contribution >= 4 is 27.7 Å². The van der Waals surface area contributed by atoms with Crippen LogP contribution in [0.4, 0.5) is 0 Å². The second kappa shape index (κ2) is 4.84. The molecule has 1 aliphatic rings. The van der Waals surface area contributed by atoms with Gasteiger partial charge in [-0.1, -0.05) is 19.1 Å². The molecule has 0 atom stereocenters. The molecule has 1 aromatic rings. The lowest BCUT2D eigenvalue weighted by molar-refractivity contribution is 0.603. The molecule has 0 unspecified atom stereocenters. The Labute approximate surface area is 106 Å². The maximum Gasteiger partial charge on any atom is 0.204 e. The van der Waals surface area contributed by atoms with E-state index in [2.05, 4.69) is 0 Å². The number of benzene rings is 1. The van der Waals surface area contributed by atoms with E-state index >= 15 is 0 Å². The van der Waals surface area contributed by atoms with Crippen molar-refractivity contribution in [3.05, 3.63) is 34.2 Å². The van der Waals surface area contributed by atoms with Crippen molar-refractivity contribution in [2.75, 3.05) is 11.5 Å². The Morgan fingerprint density at radius 1 is 1.35 bits per heavy atom. The normalized spacial score (nSPS) is 16.7. The molecule has 1 aliphatic heterocycles. The summed E-state index contributed by atoms with van der Waals surface area (Å²) in [4.78, 5) is 0.910. The molecular weight excluding hydrogens is 254 g/mol. The second-order valence-electron chi connectivity index (χ2n) is 3.78. The molecule has 1 heterocycles. The van der Waals surface area contributed by atoms with Crippen LogP contribution in [0.3, 0.4) is 0 Å². The van der Waals surface area contributed by atoms with Crippen molar-refractivity contribution in [2.45, 2.75) is 18.4 Å². The van der Waals surface area contributed by atoms with E-state index < -0.39 is 9.84 Å². The number of hydrogen-bond acceptors (Lipinski definition) is 4. The first kappa shape index (κ1) is 12.7. The molecule has 0 bridgehead atoms. The Morgan fingerprint density at radius 3 is 2.76 bits per heavy atom. The first-order valence-corrected chi connectivity index (χ1v) is 8.10. The summed E-state index contributed by atoms with van der Waals surface area (Å²) in [5.74, 6) is 1.45. The van der Waals surface area contributed by atoms with E-state index in [1.807, 2.05) is 13.0 Å². The van der Waals surface area contributed by atoms with Gasteiger partial charge in [-0.15, -0.1) is 0 Å². The third-order valence-corrected chi connectivity index (χ3v) is 5.76. The Kier molecular flexibility index (Phi) is 3.61. The molecule has 0 amide bonds. The minimum absolute atomic E-state index is 0.364. The van der Waals surface area contributed by atoms with Gasteiger partial charge >= 0.3 is 0 Å². The fourth-order valence-electron chi connectivity index (χ4n) is 1.87. The van der Waals surface area contributed by atoms with Crippen LogP contribution in [0, 0.1) is 0 Å². The zero-order valence-electron chi connectivity index (χ0n) is 9.64. The van der Waals surface area contributed by atoms with Gasteiger partial charge in [0.25, 0.3) is 0 Å². The Hall–Kier alpha value is -0.780. The molecule has 0 saturated carbocycles. The maximum absolute atomic E-state index is 12.2. The van der Waals surface area contributed by atoms with E-state index in [9.17, 15) is 8.42 Å². The molecule has 2 N–H and O–H groups in total. The van der Waals surface area contributed by atoms with Crippen molar-refractivity contribution < 1.29 is 8.42 Å². The molecule has 1 aromatic carbocycles. The third kappa shape index (κ3) is 2.14. The van der Waals surface area contributed by atoms with Crippen LogP contribution in [0.1, 0.15) is 18.1 Å². The van der Waals surface area contributed by atoms with Crippen LogP contribution >= 0.6 is 11.8 Å². The smallest absolute Gasteiger partial charge is 0.204 e. The van der Waals surface area contributed by atoms with Gasteiger partial charge in [-0.05, 0) is 29.0 Å². The van der Waals surface area contributed by atoms with Crippen LogP contribution in [0.15, 0.2) is 28.0 Å². The summed E-state index contributed by atoms with van der Waals surface area (Å²) in [7, 11) is -3.27. The van der Waals surface area contributed by atoms with E-state index in [-0.39, 0.29) is 0 Å². The predicted molar refractivity (Wildman–Crippen MR) is 72.5 cm³/mol. The van der Waals surface area contributed by atoms with Crippen LogP contribution in [0.2, 0.25) is 0 Å². The molecule has 0 fully saturated rings. The van der Waals surface area contributed by atoms with Gasteiger partial charge < -0.3 is 5.73 Å². The van der Waals surface area contributed by atoms with Crippen molar-refractivity contribution in [1.29, 1.82) is 0 Å². The first-order chi connectivity index (χ1) is 8.11. The van der Waals surface area contributed by atoms with Gasteiger partial charge in [0, 0.05) is 12.3 Å². The number of hydrogen-bond donors (Lipinski definition) is 1. The summed E-state index contributed by atoms with van der Waals surface area (Å²) < 4.78 is 24.5. The van der Waals surface area contributed by atoms with Gasteiger partial charge in [-0.2, -0.15) is 11.8 Å². The van der Waals surface area contributed by atoms with E-state index in [0.717, 1.165) is 16.9 Å². The topological polar surface area (TPSA) is 60.2 Å². The molecule has 0 spiro atoms. The fraction of sp³-hybridized carbons (Fsp3) is 0.333. The highest BCUT2D eigenvalue weighted by molar-refractivity contribution is 8.02. The molecule has 2 rings (SSSR count). The zero-order chi connectivity index (χ0) is 12.5. The lowest BCUT2D eigenvalue weighted by Gasteiger charge is -2.04. The monoisotopic (exact) mass is 269 g/mol. The van der Waals surface area contributed by atoms with E-state index in [1.165, 1.54) is 0 Å². The summed E-state index contributed by atoms with van der Waals surface area (Å²) in [6.07, 6.45) is 1.77. The predicted octanol–water partition coefficient (Wildman–Crippen LogP) is 2.03. The van der Waals surface area contributed by atoms with E-state index in [0.29, 0.717) is 22.1 Å². The summed E-state index contributed by atoms with van der Waals surface area (Å²) in [6, 6.07) is 5.28. The zero-order valence-corrected chi connectivity index (χ0v) is 11.3. The van der Waals surface area contributed by atoms with Crippen LogP contribution in [-0.4, -0.2) is 19.9 Å². The second-order valence-corrected chi connectivity index (χ2v) is 7.03. The SMILES string of the molecule is CCSCC1=Cc2c(CN)cccc2S1(=O)=O. The fourth-order valence-corrected chi connectivity index (χ4v) is 4.52. The summed E-state index contributed by atoms with van der Waals surface area (Å²) in [5.41, 5.74) is 7.30. The Balaban J connectivity index is 2.49. The number of nitrogens with two attached hydrogens (primary N) is 1. The molecule has 3 nitrogen and oxygen atoms in total. The maximum atomic E-state index is 12.2. The van der Waals surface area contributed by atoms with Gasteiger partial charge in [0.1, 0.15) is 0 Å². The van der Waals surface area contributed by atoms with Crippen LogP contribution in [0.5, 0.6) is 0 Å². The summed E-state index contributed by atoms with van der Waals surface area (Å²) >= 11 is 1.61. The first-order valence-electron chi connectivity index (χ1n) is 5.46. The van der Waals surface area contributed by atoms with Gasteiger partial charge in [-0.25, -0.2) is 8.42 Å². The molecule has 17 heavy (non-hydrogen) atoms. The molecule has 0 aromatic heterocycles. The van der Waals surface area contributed by atoms with Crippen LogP contribution in [-0.2, 0) is 16.4 Å². The number of fused-ring (bicyclic) bond motifs is 1. The van der Waals surface area contributed by atoms with Gasteiger partial charge in [0.05, 0.1) is 9.80 Å². The molecule has 92 valence electrons. The van der Waals surface area contributed by atoms with Crippen molar-refractivity contribution in [1.82, 2.24) is 0 Å². The van der Waals surface area contributed by atoms with Crippen molar-refractivity contribution in [3.63, 3.8) is 0 Å². The lowest BCUT2D eigenvalue weighted by Crippen LogP contribution is -2.04. The van der Waals surface area contributed by atoms with Crippen molar-refractivity contribution in [3.8, 4) is 0 Å². The van der Waals surface area contributed by atoms with Gasteiger partial charge in [0.15, 0.2) is 0 Å². The highest BCUT2D eigenvalue weighted by Gasteiger charge is 2.30. The molecular formula is C12H15NO2S2.